The van der Waals surface area contributed by atoms with E-state index in [1.54, 1.807) is 0 Å². The van der Waals surface area contributed by atoms with Crippen molar-refractivity contribution < 1.29 is 37.0 Å². The zero-order chi connectivity index (χ0) is 28.7. The maximum Gasteiger partial charge on any atom is 0.413 e. The second kappa shape index (κ2) is 10.4. The molecule has 0 aliphatic carbocycles. The zero-order valence-corrected chi connectivity index (χ0v) is 20.7. The highest BCUT2D eigenvalue weighted by Crippen LogP contribution is 2.27. The van der Waals surface area contributed by atoms with Crippen LogP contribution >= 0.6 is 0 Å². The molecule has 1 aliphatic rings. The van der Waals surface area contributed by atoms with Gasteiger partial charge in [0.1, 0.15) is 29.1 Å². The lowest BCUT2D eigenvalue weighted by atomic mass is 10.1. The lowest BCUT2D eigenvalue weighted by Gasteiger charge is -2.19. The Labute approximate surface area is 223 Å². The van der Waals surface area contributed by atoms with E-state index in [4.69, 9.17) is 4.74 Å². The van der Waals surface area contributed by atoms with Gasteiger partial charge in [-0.2, -0.15) is 0 Å². The van der Waals surface area contributed by atoms with Crippen LogP contribution in [0.4, 0.5) is 28.2 Å². The van der Waals surface area contributed by atoms with Crippen molar-refractivity contribution in [2.24, 2.45) is 0 Å². The van der Waals surface area contributed by atoms with Crippen LogP contribution in [0, 0.1) is 23.3 Å². The van der Waals surface area contributed by atoms with Gasteiger partial charge in [0.15, 0.2) is 11.4 Å². The Morgan fingerprint density at radius 1 is 1.07 bits per heavy atom. The number of nitrogens with zero attached hydrogens (tertiary/aromatic N) is 3. The van der Waals surface area contributed by atoms with Crippen LogP contribution in [-0.2, 0) is 4.79 Å². The summed E-state index contributed by atoms with van der Waals surface area (Å²) in [7, 11) is 0. The molecule has 206 valence electrons. The number of hydrogen-bond acceptors (Lipinski definition) is 6. The Morgan fingerprint density at radius 3 is 2.45 bits per heavy atom. The first-order valence-electron chi connectivity index (χ1n) is 12.0. The smallest absolute Gasteiger partial charge is 0.405 e. The number of aromatic nitrogens is 2. The minimum atomic E-state index is -1.24. The molecule has 2 aromatic carbocycles. The number of aliphatic hydroxyl groups excluding tert-OH is 1. The first kappa shape index (κ1) is 26.8. The van der Waals surface area contributed by atoms with E-state index >= 15 is 0 Å². The van der Waals surface area contributed by atoms with E-state index < -0.39 is 64.2 Å². The van der Waals surface area contributed by atoms with Crippen molar-refractivity contribution in [3.05, 3.63) is 93.8 Å². The summed E-state index contributed by atoms with van der Waals surface area (Å²) in [5, 5.41) is 11.9. The van der Waals surface area contributed by atoms with Crippen molar-refractivity contribution in [3.8, 4) is 11.4 Å². The van der Waals surface area contributed by atoms with Crippen LogP contribution < -0.4 is 20.4 Å². The van der Waals surface area contributed by atoms with Crippen LogP contribution in [0.15, 0.2) is 59.5 Å². The lowest BCUT2D eigenvalue weighted by molar-refractivity contribution is -0.117. The summed E-state index contributed by atoms with van der Waals surface area (Å²) in [4.78, 5) is 43.7. The fourth-order valence-electron chi connectivity index (χ4n) is 4.47. The molecule has 4 aromatic rings. The number of nitrogens with one attached hydrogen (secondary N) is 1. The number of carbonyl (C=O) groups excluding carboxylic acids is 2. The van der Waals surface area contributed by atoms with Gasteiger partial charge in [-0.05, 0) is 43.3 Å². The van der Waals surface area contributed by atoms with Gasteiger partial charge in [0.05, 0.1) is 42.4 Å². The number of fused-ring (bicyclic) bond motifs is 1. The van der Waals surface area contributed by atoms with E-state index in [0.717, 1.165) is 41.1 Å². The van der Waals surface area contributed by atoms with Gasteiger partial charge in [-0.15, -0.1) is 0 Å². The molecule has 0 bridgehead atoms. The fourth-order valence-corrected chi connectivity index (χ4v) is 4.47. The van der Waals surface area contributed by atoms with Crippen LogP contribution in [0.25, 0.3) is 16.7 Å². The average molecular weight is 556 g/mol. The van der Waals surface area contributed by atoms with Crippen LogP contribution in [0.5, 0.6) is 5.75 Å². The first-order chi connectivity index (χ1) is 19.0. The number of anilines is 1. The standard InChI is InChI=1S/C27H20F4N4O5/c1-13(24-17(29)3-2-4-18(24)30)32-27(39)40-21-12-34(20-7-5-14(28)9-19(20)31)26-16(25(21)38)6-8-22(33-26)35-11-15(36)10-23(35)37/h2-9,12-13,15,36H,10-11H2,1H3,(H,32,39)/t13?,15-/m0/s1. The first-order valence-corrected chi connectivity index (χ1v) is 12.0. The third-order valence-corrected chi connectivity index (χ3v) is 6.32. The summed E-state index contributed by atoms with van der Waals surface area (Å²) in [5.74, 6) is -4.67. The van der Waals surface area contributed by atoms with E-state index in [0.29, 0.717) is 6.07 Å². The van der Waals surface area contributed by atoms with Crippen LogP contribution in [0.3, 0.4) is 0 Å². The van der Waals surface area contributed by atoms with Crippen molar-refractivity contribution >= 4 is 28.9 Å². The molecule has 1 fully saturated rings. The molecule has 0 saturated carbocycles. The summed E-state index contributed by atoms with van der Waals surface area (Å²) >= 11 is 0. The van der Waals surface area contributed by atoms with Crippen molar-refractivity contribution in [2.45, 2.75) is 25.5 Å². The molecule has 40 heavy (non-hydrogen) atoms. The summed E-state index contributed by atoms with van der Waals surface area (Å²) in [6, 6.07) is 7.23. The molecule has 2 atom stereocenters. The molecule has 2 N–H and O–H groups in total. The second-order valence-electron chi connectivity index (χ2n) is 9.08. The summed E-state index contributed by atoms with van der Waals surface area (Å²) in [6.45, 7) is 1.26. The molecule has 2 amide bonds. The van der Waals surface area contributed by atoms with Gasteiger partial charge in [-0.1, -0.05) is 6.07 Å². The Hall–Kier alpha value is -4.78. The molecule has 1 saturated heterocycles. The van der Waals surface area contributed by atoms with E-state index in [9.17, 15) is 37.1 Å². The minimum absolute atomic E-state index is 0.0470. The van der Waals surface area contributed by atoms with E-state index in [2.05, 4.69) is 10.3 Å². The number of β-amino-alcohol motifs (C(OH)–C–C–N with tert-alkyl or cyclic N) is 1. The van der Waals surface area contributed by atoms with Crippen LogP contribution in [0.1, 0.15) is 24.9 Å². The average Bonchev–Trinajstić information content (AvgIpc) is 3.23. The molecule has 1 unspecified atom stereocenters. The second-order valence-corrected chi connectivity index (χ2v) is 9.08. The molecule has 13 heteroatoms. The molecular weight excluding hydrogens is 536 g/mol. The van der Waals surface area contributed by atoms with Crippen LogP contribution in [-0.4, -0.2) is 39.3 Å². The van der Waals surface area contributed by atoms with Gasteiger partial charge in [0.25, 0.3) is 0 Å². The Bertz CT molecular complexity index is 1710. The number of halogens is 4. The maximum atomic E-state index is 14.9. The summed E-state index contributed by atoms with van der Waals surface area (Å²) < 4.78 is 62.9. The third kappa shape index (κ3) is 4.98. The number of aliphatic hydroxyl groups is 1. The number of pyridine rings is 2. The lowest BCUT2D eigenvalue weighted by Crippen LogP contribution is -2.32. The molecule has 3 heterocycles. The Kier molecular flexibility index (Phi) is 6.98. The number of amides is 2. The number of ether oxygens (including phenoxy) is 1. The number of rotatable bonds is 5. The number of hydrogen-bond donors (Lipinski definition) is 2. The number of carbonyl (C=O) groups is 2. The van der Waals surface area contributed by atoms with Gasteiger partial charge in [0, 0.05) is 11.6 Å². The minimum Gasteiger partial charge on any atom is -0.405 e. The predicted molar refractivity (Wildman–Crippen MR) is 134 cm³/mol. The molecule has 0 spiro atoms. The monoisotopic (exact) mass is 556 g/mol. The molecule has 5 rings (SSSR count). The topological polar surface area (TPSA) is 114 Å². The zero-order valence-electron chi connectivity index (χ0n) is 20.7. The van der Waals surface area contributed by atoms with Gasteiger partial charge in [-0.25, -0.2) is 27.3 Å². The Morgan fingerprint density at radius 2 is 1.80 bits per heavy atom. The number of benzene rings is 2. The van der Waals surface area contributed by atoms with E-state index in [1.807, 2.05) is 0 Å². The maximum absolute atomic E-state index is 14.9. The molecular formula is C27H20F4N4O5. The highest BCUT2D eigenvalue weighted by molar-refractivity contribution is 5.96. The summed E-state index contributed by atoms with van der Waals surface area (Å²) in [6.07, 6.45) is -1.34. The van der Waals surface area contributed by atoms with E-state index in [-0.39, 0.29) is 35.5 Å². The van der Waals surface area contributed by atoms with Gasteiger partial charge in [0.2, 0.25) is 11.3 Å². The highest BCUT2D eigenvalue weighted by Gasteiger charge is 2.30. The molecule has 9 nitrogen and oxygen atoms in total. The van der Waals surface area contributed by atoms with Crippen molar-refractivity contribution in [1.29, 1.82) is 0 Å². The Balaban J connectivity index is 1.57. The normalized spacial score (nSPS) is 15.9. The highest BCUT2D eigenvalue weighted by atomic mass is 19.1. The largest absolute Gasteiger partial charge is 0.413 e. The third-order valence-electron chi connectivity index (χ3n) is 6.32. The van der Waals surface area contributed by atoms with Gasteiger partial charge in [-0.3, -0.25) is 19.1 Å². The van der Waals surface area contributed by atoms with Crippen LogP contribution in [0.2, 0.25) is 0 Å². The van der Waals surface area contributed by atoms with Crippen molar-refractivity contribution in [2.75, 3.05) is 11.4 Å². The van der Waals surface area contributed by atoms with Crippen molar-refractivity contribution in [1.82, 2.24) is 14.9 Å². The molecule has 2 aromatic heterocycles. The van der Waals surface area contributed by atoms with Crippen molar-refractivity contribution in [3.63, 3.8) is 0 Å². The molecule has 1 aliphatic heterocycles. The van der Waals surface area contributed by atoms with Gasteiger partial charge < -0.3 is 15.2 Å². The quantitative estimate of drug-likeness (QED) is 0.361. The fraction of sp³-hybridized carbons (Fsp3) is 0.185. The predicted octanol–water partition coefficient (Wildman–Crippen LogP) is 3.89. The SMILES string of the molecule is CC(NC(=O)Oc1cn(-c2ccc(F)cc2F)c2nc(N3C[C@@H](O)CC3=O)ccc2c1=O)c1c(F)cccc1F. The van der Waals surface area contributed by atoms with Gasteiger partial charge >= 0.3 is 6.09 Å². The summed E-state index contributed by atoms with van der Waals surface area (Å²) in [5.41, 5.74) is -1.70. The molecule has 0 radical (unpaired) electrons. The van der Waals surface area contributed by atoms with E-state index in [1.165, 1.54) is 24.0 Å².